The first kappa shape index (κ1) is 15.8. The van der Waals surface area contributed by atoms with Crippen LogP contribution in [0.25, 0.3) is 0 Å². The number of likely N-dealkylation sites (N-methyl/N-ethyl adjacent to an activating group) is 1. The van der Waals surface area contributed by atoms with Gasteiger partial charge >= 0.3 is 6.03 Å². The lowest BCUT2D eigenvalue weighted by molar-refractivity contribution is 0.183. The van der Waals surface area contributed by atoms with Gasteiger partial charge in [0.15, 0.2) is 0 Å². The Kier molecular flexibility index (Phi) is 6.02. The molecule has 0 bridgehead atoms. The molecule has 1 unspecified atom stereocenters. The van der Waals surface area contributed by atoms with E-state index < -0.39 is 0 Å². The third-order valence-electron chi connectivity index (χ3n) is 3.92. The number of hydrogen-bond acceptors (Lipinski definition) is 3. The maximum absolute atomic E-state index is 12.2. The summed E-state index contributed by atoms with van der Waals surface area (Å²) in [4.78, 5) is 16.1. The zero-order chi connectivity index (χ0) is 15.1. The predicted octanol–water partition coefficient (Wildman–Crippen LogP) is 1.46. The number of amides is 2. The number of aliphatic hydroxyl groups excluding tert-OH is 1. The van der Waals surface area contributed by atoms with Crippen molar-refractivity contribution in [3.05, 3.63) is 35.9 Å². The van der Waals surface area contributed by atoms with E-state index in [1.54, 1.807) is 7.05 Å². The standard InChI is InChI=1S/C16H25N3O2/c1-18(11-12-20)16(21)17-15(13-19-9-5-6-10-19)14-7-3-2-4-8-14/h2-4,7-8,15,20H,5-6,9-13H2,1H3,(H,17,21). The first-order valence-corrected chi connectivity index (χ1v) is 7.60. The van der Waals surface area contributed by atoms with Crippen LogP contribution in [-0.4, -0.2) is 60.8 Å². The van der Waals surface area contributed by atoms with E-state index in [9.17, 15) is 4.79 Å². The highest BCUT2D eigenvalue weighted by Crippen LogP contribution is 2.17. The van der Waals surface area contributed by atoms with Crippen LogP contribution in [0.3, 0.4) is 0 Å². The Morgan fingerprint density at radius 1 is 1.33 bits per heavy atom. The van der Waals surface area contributed by atoms with Crippen molar-refractivity contribution in [2.75, 3.05) is 39.8 Å². The number of nitrogens with one attached hydrogen (secondary N) is 1. The number of hydrogen-bond donors (Lipinski definition) is 2. The van der Waals surface area contributed by atoms with Gasteiger partial charge in [-0.2, -0.15) is 0 Å². The molecule has 1 fully saturated rings. The number of benzene rings is 1. The Morgan fingerprint density at radius 3 is 2.62 bits per heavy atom. The maximum atomic E-state index is 12.2. The molecule has 1 saturated heterocycles. The van der Waals surface area contributed by atoms with Gasteiger partial charge in [0.25, 0.3) is 0 Å². The minimum absolute atomic E-state index is 0.0158. The average Bonchev–Trinajstić information content (AvgIpc) is 3.00. The third kappa shape index (κ3) is 4.72. The molecule has 0 saturated carbocycles. The monoisotopic (exact) mass is 291 g/mol. The van der Waals surface area contributed by atoms with E-state index in [2.05, 4.69) is 10.2 Å². The van der Waals surface area contributed by atoms with Crippen LogP contribution in [0, 0.1) is 0 Å². The fourth-order valence-corrected chi connectivity index (χ4v) is 2.65. The van der Waals surface area contributed by atoms with Crippen LogP contribution in [0.15, 0.2) is 30.3 Å². The highest BCUT2D eigenvalue weighted by molar-refractivity contribution is 5.74. The molecule has 1 aliphatic rings. The fraction of sp³-hybridized carbons (Fsp3) is 0.562. The van der Waals surface area contributed by atoms with Gasteiger partial charge in [-0.1, -0.05) is 30.3 Å². The molecule has 1 heterocycles. The second-order valence-electron chi connectivity index (χ2n) is 5.57. The Bertz CT molecular complexity index is 432. The van der Waals surface area contributed by atoms with E-state index in [1.165, 1.54) is 17.7 Å². The van der Waals surface area contributed by atoms with E-state index in [1.807, 2.05) is 30.3 Å². The Morgan fingerprint density at radius 2 is 2.00 bits per heavy atom. The number of carbonyl (C=O) groups is 1. The number of aliphatic hydroxyl groups is 1. The number of nitrogens with zero attached hydrogens (tertiary/aromatic N) is 2. The van der Waals surface area contributed by atoms with Crippen molar-refractivity contribution in [3.8, 4) is 0 Å². The topological polar surface area (TPSA) is 55.8 Å². The Labute approximate surface area is 126 Å². The summed E-state index contributed by atoms with van der Waals surface area (Å²) in [5.41, 5.74) is 1.12. The Hall–Kier alpha value is -1.59. The van der Waals surface area contributed by atoms with Gasteiger partial charge < -0.3 is 20.2 Å². The molecule has 0 aliphatic carbocycles. The molecule has 0 spiro atoms. The summed E-state index contributed by atoms with van der Waals surface area (Å²) in [6.07, 6.45) is 2.47. The predicted molar refractivity (Wildman–Crippen MR) is 83.1 cm³/mol. The third-order valence-corrected chi connectivity index (χ3v) is 3.92. The average molecular weight is 291 g/mol. The lowest BCUT2D eigenvalue weighted by Crippen LogP contribution is -2.43. The molecular weight excluding hydrogens is 266 g/mol. The summed E-state index contributed by atoms with van der Waals surface area (Å²) in [5.74, 6) is 0. The van der Waals surface area contributed by atoms with Gasteiger partial charge in [-0.25, -0.2) is 4.79 Å². The lowest BCUT2D eigenvalue weighted by Gasteiger charge is -2.27. The number of rotatable bonds is 6. The van der Waals surface area contributed by atoms with Crippen LogP contribution in [0.5, 0.6) is 0 Å². The van der Waals surface area contributed by atoms with E-state index in [0.29, 0.717) is 6.54 Å². The molecule has 1 aliphatic heterocycles. The SMILES string of the molecule is CN(CCO)C(=O)NC(CN1CCCC1)c1ccccc1. The van der Waals surface area contributed by atoms with Gasteiger partial charge in [-0.15, -0.1) is 0 Å². The number of likely N-dealkylation sites (tertiary alicyclic amines) is 1. The molecule has 1 aromatic rings. The van der Waals surface area contributed by atoms with Gasteiger partial charge in [0.2, 0.25) is 0 Å². The van der Waals surface area contributed by atoms with Crippen molar-refractivity contribution < 1.29 is 9.90 Å². The van der Waals surface area contributed by atoms with Crippen LogP contribution in [-0.2, 0) is 0 Å². The molecule has 2 rings (SSSR count). The second-order valence-corrected chi connectivity index (χ2v) is 5.57. The summed E-state index contributed by atoms with van der Waals surface area (Å²) < 4.78 is 0. The first-order valence-electron chi connectivity index (χ1n) is 7.60. The van der Waals surface area contributed by atoms with Gasteiger partial charge in [0.05, 0.1) is 12.6 Å². The van der Waals surface area contributed by atoms with Crippen molar-refractivity contribution in [1.29, 1.82) is 0 Å². The first-order chi connectivity index (χ1) is 10.2. The minimum Gasteiger partial charge on any atom is -0.395 e. The quantitative estimate of drug-likeness (QED) is 0.834. The van der Waals surface area contributed by atoms with Crippen molar-refractivity contribution in [3.63, 3.8) is 0 Å². The summed E-state index contributed by atoms with van der Waals surface area (Å²) in [6, 6.07) is 9.91. The van der Waals surface area contributed by atoms with E-state index in [-0.39, 0.29) is 18.7 Å². The highest BCUT2D eigenvalue weighted by atomic mass is 16.3. The van der Waals surface area contributed by atoms with Gasteiger partial charge in [0.1, 0.15) is 0 Å². The molecule has 5 nitrogen and oxygen atoms in total. The number of urea groups is 1. The zero-order valence-electron chi connectivity index (χ0n) is 12.7. The smallest absolute Gasteiger partial charge is 0.317 e. The van der Waals surface area contributed by atoms with Crippen LogP contribution >= 0.6 is 0 Å². The molecule has 0 radical (unpaired) electrons. The zero-order valence-corrected chi connectivity index (χ0v) is 12.7. The Balaban J connectivity index is 2.02. The highest BCUT2D eigenvalue weighted by Gasteiger charge is 2.21. The normalized spacial score (nSPS) is 16.7. The molecule has 116 valence electrons. The molecule has 5 heteroatoms. The van der Waals surface area contributed by atoms with Gasteiger partial charge in [-0.3, -0.25) is 0 Å². The van der Waals surface area contributed by atoms with Crippen LogP contribution in [0.2, 0.25) is 0 Å². The van der Waals surface area contributed by atoms with Crippen molar-refractivity contribution in [1.82, 2.24) is 15.1 Å². The summed E-state index contributed by atoms with van der Waals surface area (Å²) in [6.45, 7) is 3.36. The van der Waals surface area contributed by atoms with Crippen LogP contribution < -0.4 is 5.32 Å². The van der Waals surface area contributed by atoms with Crippen molar-refractivity contribution in [2.24, 2.45) is 0 Å². The molecule has 0 aromatic heterocycles. The summed E-state index contributed by atoms with van der Waals surface area (Å²) in [7, 11) is 1.70. The van der Waals surface area contributed by atoms with E-state index in [0.717, 1.165) is 25.2 Å². The molecule has 1 atom stereocenters. The molecule has 2 amide bonds. The van der Waals surface area contributed by atoms with Gasteiger partial charge in [-0.05, 0) is 31.5 Å². The van der Waals surface area contributed by atoms with Gasteiger partial charge in [0, 0.05) is 20.1 Å². The number of carbonyl (C=O) groups excluding carboxylic acids is 1. The van der Waals surface area contributed by atoms with Crippen molar-refractivity contribution >= 4 is 6.03 Å². The second kappa shape index (κ2) is 8.00. The van der Waals surface area contributed by atoms with E-state index >= 15 is 0 Å². The van der Waals surface area contributed by atoms with Crippen LogP contribution in [0.4, 0.5) is 4.79 Å². The molecule has 21 heavy (non-hydrogen) atoms. The molecule has 2 N–H and O–H groups in total. The van der Waals surface area contributed by atoms with E-state index in [4.69, 9.17) is 5.11 Å². The summed E-state index contributed by atoms with van der Waals surface area (Å²) in [5, 5.41) is 12.0. The summed E-state index contributed by atoms with van der Waals surface area (Å²) >= 11 is 0. The van der Waals surface area contributed by atoms with Crippen LogP contribution in [0.1, 0.15) is 24.4 Å². The molecular formula is C16H25N3O2. The lowest BCUT2D eigenvalue weighted by atomic mass is 10.1. The largest absolute Gasteiger partial charge is 0.395 e. The maximum Gasteiger partial charge on any atom is 0.317 e. The fourth-order valence-electron chi connectivity index (χ4n) is 2.65. The molecule has 1 aromatic carbocycles. The van der Waals surface area contributed by atoms with Crippen molar-refractivity contribution in [2.45, 2.75) is 18.9 Å². The minimum atomic E-state index is -0.142.